The van der Waals surface area contributed by atoms with E-state index in [0.717, 1.165) is 15.4 Å². The van der Waals surface area contributed by atoms with Gasteiger partial charge in [0.1, 0.15) is 12.6 Å². The van der Waals surface area contributed by atoms with Crippen LogP contribution in [0.1, 0.15) is 43.9 Å². The van der Waals surface area contributed by atoms with Gasteiger partial charge >= 0.3 is 0 Å². The first-order valence-corrected chi connectivity index (χ1v) is 15.2. The molecule has 3 aromatic carbocycles. The number of hydrogen-bond donors (Lipinski definition) is 1. The van der Waals surface area contributed by atoms with Crippen LogP contribution in [0.2, 0.25) is 10.0 Å². The Kier molecular flexibility index (Phi) is 10.6. The zero-order chi connectivity index (χ0) is 29.6. The minimum atomic E-state index is -4.14. The van der Waals surface area contributed by atoms with E-state index >= 15 is 0 Å². The Morgan fingerprint density at radius 2 is 1.50 bits per heavy atom. The monoisotopic (exact) mass is 603 g/mol. The minimum Gasteiger partial charge on any atom is -0.352 e. The molecular formula is C30H35Cl2N3O4S. The number of sulfonamides is 1. The number of rotatable bonds is 11. The fourth-order valence-corrected chi connectivity index (χ4v) is 5.97. The molecule has 0 aliphatic carbocycles. The summed E-state index contributed by atoms with van der Waals surface area (Å²) in [6.45, 7) is 8.50. The average Bonchev–Trinajstić information content (AvgIpc) is 2.91. The highest BCUT2D eigenvalue weighted by Crippen LogP contribution is 2.28. The Morgan fingerprint density at radius 1 is 0.900 bits per heavy atom. The summed E-state index contributed by atoms with van der Waals surface area (Å²) in [6, 6.07) is 17.3. The molecule has 2 atom stereocenters. The van der Waals surface area contributed by atoms with Crippen molar-refractivity contribution in [3.8, 4) is 0 Å². The second-order valence-corrected chi connectivity index (χ2v) is 12.6. The Morgan fingerprint density at radius 3 is 2.08 bits per heavy atom. The summed E-state index contributed by atoms with van der Waals surface area (Å²) < 4.78 is 28.9. The molecule has 0 aliphatic heterocycles. The van der Waals surface area contributed by atoms with Crippen LogP contribution in [-0.4, -0.2) is 43.8 Å². The molecule has 0 aromatic heterocycles. The van der Waals surface area contributed by atoms with Crippen molar-refractivity contribution >= 4 is 50.7 Å². The molecule has 0 spiro atoms. The minimum absolute atomic E-state index is 0.0515. The van der Waals surface area contributed by atoms with Gasteiger partial charge in [-0.15, -0.1) is 0 Å². The molecule has 10 heteroatoms. The molecule has 3 rings (SSSR count). The Balaban J connectivity index is 2.07. The van der Waals surface area contributed by atoms with Crippen molar-refractivity contribution in [3.05, 3.63) is 93.5 Å². The third-order valence-corrected chi connectivity index (χ3v) is 9.23. The number of aryl methyl sites for hydroxylation is 2. The lowest BCUT2D eigenvalue weighted by molar-refractivity contribution is -0.139. The van der Waals surface area contributed by atoms with Crippen molar-refractivity contribution in [2.75, 3.05) is 10.8 Å². The van der Waals surface area contributed by atoms with Gasteiger partial charge < -0.3 is 10.2 Å². The molecule has 40 heavy (non-hydrogen) atoms. The second kappa shape index (κ2) is 13.5. The summed E-state index contributed by atoms with van der Waals surface area (Å²) in [7, 11) is -4.14. The number of carbonyl (C=O) groups excluding carboxylic acids is 2. The fourth-order valence-electron chi connectivity index (χ4n) is 4.05. The van der Waals surface area contributed by atoms with Crippen LogP contribution in [0.5, 0.6) is 0 Å². The van der Waals surface area contributed by atoms with Crippen molar-refractivity contribution in [2.45, 2.75) is 64.6 Å². The number of benzene rings is 3. The van der Waals surface area contributed by atoms with Crippen LogP contribution in [0.15, 0.2) is 71.6 Å². The summed E-state index contributed by atoms with van der Waals surface area (Å²) in [6.07, 6.45) is 0.707. The predicted molar refractivity (Wildman–Crippen MR) is 161 cm³/mol. The van der Waals surface area contributed by atoms with Gasteiger partial charge in [0.15, 0.2) is 0 Å². The van der Waals surface area contributed by atoms with Crippen molar-refractivity contribution in [1.29, 1.82) is 0 Å². The van der Waals surface area contributed by atoms with Crippen LogP contribution in [0.3, 0.4) is 0 Å². The van der Waals surface area contributed by atoms with Crippen LogP contribution >= 0.6 is 23.2 Å². The summed E-state index contributed by atoms with van der Waals surface area (Å²) in [5.41, 5.74) is 2.53. The highest BCUT2D eigenvalue weighted by molar-refractivity contribution is 7.92. The first-order valence-electron chi connectivity index (χ1n) is 13.0. The van der Waals surface area contributed by atoms with Crippen molar-refractivity contribution in [3.63, 3.8) is 0 Å². The van der Waals surface area contributed by atoms with Gasteiger partial charge in [-0.1, -0.05) is 66.0 Å². The van der Waals surface area contributed by atoms with Gasteiger partial charge in [-0.25, -0.2) is 8.42 Å². The lowest BCUT2D eigenvalue weighted by Gasteiger charge is -2.33. The van der Waals surface area contributed by atoms with Gasteiger partial charge in [0, 0.05) is 28.2 Å². The molecule has 3 aromatic rings. The van der Waals surface area contributed by atoms with E-state index in [2.05, 4.69) is 5.32 Å². The molecule has 1 N–H and O–H groups in total. The van der Waals surface area contributed by atoms with E-state index in [1.165, 1.54) is 17.0 Å². The second-order valence-electron chi connectivity index (χ2n) is 9.88. The standard InChI is InChI=1S/C30H35Cl2N3O4S/c1-6-22(4)33-30(37)23(5)34(18-26-27(31)11-8-12-28(26)32)29(36)19-35(24-10-7-9-21(3)17-24)40(38,39)25-15-13-20(2)14-16-25/h7-17,22-23H,6,18-19H2,1-5H3,(H,33,37)/t22-,23-/m1/s1. The molecule has 0 fully saturated rings. The largest absolute Gasteiger partial charge is 0.352 e. The third kappa shape index (κ3) is 7.56. The Labute approximate surface area is 247 Å². The molecule has 214 valence electrons. The normalized spacial score (nSPS) is 12.9. The van der Waals surface area contributed by atoms with Crippen LogP contribution in [0, 0.1) is 13.8 Å². The van der Waals surface area contributed by atoms with E-state index in [4.69, 9.17) is 23.2 Å². The van der Waals surface area contributed by atoms with Crippen LogP contribution in [0.4, 0.5) is 5.69 Å². The van der Waals surface area contributed by atoms with Gasteiger partial charge in [0.05, 0.1) is 10.6 Å². The molecule has 0 saturated carbocycles. The quantitative estimate of drug-likeness (QED) is 0.285. The third-order valence-electron chi connectivity index (χ3n) is 6.74. The van der Waals surface area contributed by atoms with Gasteiger partial charge in [0.2, 0.25) is 11.8 Å². The van der Waals surface area contributed by atoms with Gasteiger partial charge in [-0.3, -0.25) is 13.9 Å². The summed E-state index contributed by atoms with van der Waals surface area (Å²) in [4.78, 5) is 28.6. The smallest absolute Gasteiger partial charge is 0.264 e. The highest BCUT2D eigenvalue weighted by Gasteiger charge is 2.33. The van der Waals surface area contributed by atoms with Gasteiger partial charge in [-0.2, -0.15) is 0 Å². The molecule has 0 bridgehead atoms. The molecule has 0 heterocycles. The van der Waals surface area contributed by atoms with Crippen LogP contribution in [-0.2, 0) is 26.2 Å². The van der Waals surface area contributed by atoms with E-state index in [9.17, 15) is 18.0 Å². The summed E-state index contributed by atoms with van der Waals surface area (Å²) in [5.74, 6) is -0.950. The predicted octanol–water partition coefficient (Wildman–Crippen LogP) is 6.14. The van der Waals surface area contributed by atoms with Gasteiger partial charge in [0.25, 0.3) is 10.0 Å². The molecule has 0 unspecified atom stereocenters. The van der Waals surface area contributed by atoms with E-state index in [0.29, 0.717) is 27.7 Å². The highest BCUT2D eigenvalue weighted by atomic mass is 35.5. The number of anilines is 1. The molecule has 2 amide bonds. The first kappa shape index (κ1) is 31.5. The Bertz CT molecular complexity index is 1440. The van der Waals surface area contributed by atoms with E-state index in [1.807, 2.05) is 33.8 Å². The number of carbonyl (C=O) groups is 2. The molecule has 0 aliphatic rings. The molecular weight excluding hydrogens is 569 g/mol. The topological polar surface area (TPSA) is 86.8 Å². The zero-order valence-electron chi connectivity index (χ0n) is 23.3. The molecule has 0 saturated heterocycles. The van der Waals surface area contributed by atoms with Crippen molar-refractivity contribution in [2.24, 2.45) is 0 Å². The van der Waals surface area contributed by atoms with Gasteiger partial charge in [-0.05, 0) is 76.1 Å². The van der Waals surface area contributed by atoms with E-state index in [-0.39, 0.29) is 23.4 Å². The van der Waals surface area contributed by atoms with Crippen molar-refractivity contribution < 1.29 is 18.0 Å². The Hall–Kier alpha value is -3.07. The van der Waals surface area contributed by atoms with E-state index in [1.54, 1.807) is 55.5 Å². The van der Waals surface area contributed by atoms with E-state index < -0.39 is 28.5 Å². The molecule has 7 nitrogen and oxygen atoms in total. The number of nitrogens with one attached hydrogen (secondary N) is 1. The summed E-state index contributed by atoms with van der Waals surface area (Å²) >= 11 is 12.8. The maximum atomic E-state index is 14.0. The number of halogens is 2. The fraction of sp³-hybridized carbons (Fsp3) is 0.333. The van der Waals surface area contributed by atoms with Crippen LogP contribution < -0.4 is 9.62 Å². The van der Waals surface area contributed by atoms with Crippen LogP contribution in [0.25, 0.3) is 0 Å². The lowest BCUT2D eigenvalue weighted by atomic mass is 10.1. The summed E-state index contributed by atoms with van der Waals surface area (Å²) in [5, 5.41) is 3.57. The lowest BCUT2D eigenvalue weighted by Crippen LogP contribution is -2.52. The number of amides is 2. The maximum absolute atomic E-state index is 14.0. The zero-order valence-corrected chi connectivity index (χ0v) is 25.6. The van der Waals surface area contributed by atoms with Crippen molar-refractivity contribution in [1.82, 2.24) is 10.2 Å². The average molecular weight is 605 g/mol. The number of hydrogen-bond acceptors (Lipinski definition) is 4. The SMILES string of the molecule is CC[C@@H](C)NC(=O)[C@@H](C)N(Cc1c(Cl)cccc1Cl)C(=O)CN(c1cccc(C)c1)S(=O)(=O)c1ccc(C)cc1. The first-order chi connectivity index (χ1) is 18.8. The number of nitrogens with zero attached hydrogens (tertiary/aromatic N) is 2. The molecule has 0 radical (unpaired) electrons. The maximum Gasteiger partial charge on any atom is 0.264 e.